The Morgan fingerprint density at radius 3 is 3.20 bits per heavy atom. The molecule has 2 aromatic heterocycles. The number of fused-ring (bicyclic) bond motifs is 1. The first-order chi connectivity index (χ1) is 7.31. The molecule has 0 aliphatic carbocycles. The van der Waals surface area contributed by atoms with Crippen molar-refractivity contribution < 1.29 is 0 Å². The fourth-order valence-electron chi connectivity index (χ4n) is 1.45. The number of aromatic nitrogens is 3. The van der Waals surface area contributed by atoms with Gasteiger partial charge in [-0.1, -0.05) is 0 Å². The molecule has 0 aromatic carbocycles. The summed E-state index contributed by atoms with van der Waals surface area (Å²) in [5.74, 6) is 3.52. The number of nitrogens with zero attached hydrogens (tertiary/aromatic N) is 3. The molecular formula is C11H12N4. The second-order valence-corrected chi connectivity index (χ2v) is 3.33. The van der Waals surface area contributed by atoms with Crippen LogP contribution in [0.5, 0.6) is 0 Å². The van der Waals surface area contributed by atoms with Gasteiger partial charge in [0, 0.05) is 13.0 Å². The molecule has 2 rings (SSSR count). The fraction of sp³-hybridized carbons (Fsp3) is 0.273. The molecule has 1 N–H and O–H groups in total. The lowest BCUT2D eigenvalue weighted by Gasteiger charge is -2.07. The van der Waals surface area contributed by atoms with Crippen molar-refractivity contribution in [2.45, 2.75) is 13.3 Å². The summed E-state index contributed by atoms with van der Waals surface area (Å²) in [5.41, 5.74) is 2.00. The molecule has 0 saturated heterocycles. The van der Waals surface area contributed by atoms with E-state index >= 15 is 0 Å². The topological polar surface area (TPSA) is 42.2 Å². The van der Waals surface area contributed by atoms with E-state index in [4.69, 9.17) is 6.42 Å². The van der Waals surface area contributed by atoms with E-state index in [0.29, 0.717) is 6.42 Å². The zero-order valence-corrected chi connectivity index (χ0v) is 8.57. The highest BCUT2D eigenvalue weighted by Crippen LogP contribution is 2.12. The van der Waals surface area contributed by atoms with Crippen LogP contribution in [-0.4, -0.2) is 21.1 Å². The summed E-state index contributed by atoms with van der Waals surface area (Å²) in [4.78, 5) is 4.14. The van der Waals surface area contributed by atoms with Gasteiger partial charge in [0.2, 0.25) is 0 Å². The summed E-state index contributed by atoms with van der Waals surface area (Å²) in [5, 5.41) is 7.36. The Balaban J connectivity index is 2.32. The van der Waals surface area contributed by atoms with Crippen molar-refractivity contribution in [3.8, 4) is 12.3 Å². The SMILES string of the molecule is C#CCCNc1cc(C)cc2ncnn12. The second-order valence-electron chi connectivity index (χ2n) is 3.33. The summed E-state index contributed by atoms with van der Waals surface area (Å²) < 4.78 is 1.77. The van der Waals surface area contributed by atoms with Crippen LogP contribution in [0, 0.1) is 19.3 Å². The molecule has 0 aliphatic rings. The molecule has 4 nitrogen and oxygen atoms in total. The van der Waals surface area contributed by atoms with Crippen molar-refractivity contribution in [1.29, 1.82) is 0 Å². The van der Waals surface area contributed by atoms with Crippen LogP contribution < -0.4 is 5.32 Å². The summed E-state index contributed by atoms with van der Waals surface area (Å²) >= 11 is 0. The first-order valence-corrected chi connectivity index (χ1v) is 4.79. The van der Waals surface area contributed by atoms with E-state index in [1.807, 2.05) is 19.1 Å². The van der Waals surface area contributed by atoms with Crippen molar-refractivity contribution >= 4 is 11.5 Å². The predicted octanol–water partition coefficient (Wildman–Crippen LogP) is 1.47. The van der Waals surface area contributed by atoms with Gasteiger partial charge in [0.15, 0.2) is 5.65 Å². The highest BCUT2D eigenvalue weighted by molar-refractivity contribution is 5.51. The van der Waals surface area contributed by atoms with E-state index < -0.39 is 0 Å². The minimum absolute atomic E-state index is 0.699. The lowest BCUT2D eigenvalue weighted by molar-refractivity contribution is 0.938. The maximum absolute atomic E-state index is 5.19. The van der Waals surface area contributed by atoms with E-state index in [1.54, 1.807) is 10.8 Å². The second kappa shape index (κ2) is 4.01. The number of rotatable bonds is 3. The summed E-state index contributed by atoms with van der Waals surface area (Å²) in [7, 11) is 0. The van der Waals surface area contributed by atoms with Crippen molar-refractivity contribution in [1.82, 2.24) is 14.6 Å². The zero-order valence-electron chi connectivity index (χ0n) is 8.57. The van der Waals surface area contributed by atoms with Crippen LogP contribution in [0.2, 0.25) is 0 Å². The Bertz CT molecular complexity index is 507. The zero-order chi connectivity index (χ0) is 10.7. The first-order valence-electron chi connectivity index (χ1n) is 4.79. The van der Waals surface area contributed by atoms with Gasteiger partial charge in [-0.05, 0) is 24.6 Å². The molecular weight excluding hydrogens is 188 g/mol. The third-order valence-corrected chi connectivity index (χ3v) is 2.10. The highest BCUT2D eigenvalue weighted by Gasteiger charge is 2.02. The Morgan fingerprint density at radius 2 is 2.40 bits per heavy atom. The molecule has 15 heavy (non-hydrogen) atoms. The molecule has 0 amide bonds. The van der Waals surface area contributed by atoms with Gasteiger partial charge in [-0.3, -0.25) is 0 Å². The molecule has 0 bridgehead atoms. The summed E-state index contributed by atoms with van der Waals surface area (Å²) in [6.45, 7) is 2.77. The molecule has 0 saturated carbocycles. The maximum atomic E-state index is 5.19. The average Bonchev–Trinajstić information content (AvgIpc) is 2.65. The molecule has 0 atom stereocenters. The van der Waals surface area contributed by atoms with Gasteiger partial charge in [0.25, 0.3) is 0 Å². The van der Waals surface area contributed by atoms with Gasteiger partial charge in [-0.25, -0.2) is 4.98 Å². The summed E-state index contributed by atoms with van der Waals surface area (Å²) in [6, 6.07) is 4.01. The Hall–Kier alpha value is -2.02. The highest BCUT2D eigenvalue weighted by atomic mass is 15.3. The monoisotopic (exact) mass is 200 g/mol. The number of pyridine rings is 1. The lowest BCUT2D eigenvalue weighted by Crippen LogP contribution is -2.06. The average molecular weight is 200 g/mol. The number of hydrogen-bond acceptors (Lipinski definition) is 3. The van der Waals surface area contributed by atoms with Gasteiger partial charge in [-0.2, -0.15) is 9.61 Å². The normalized spacial score (nSPS) is 10.1. The summed E-state index contributed by atoms with van der Waals surface area (Å²) in [6.07, 6.45) is 7.43. The molecule has 2 heterocycles. The largest absolute Gasteiger partial charge is 0.369 e. The van der Waals surface area contributed by atoms with Gasteiger partial charge >= 0.3 is 0 Å². The van der Waals surface area contributed by atoms with Crippen LogP contribution in [0.4, 0.5) is 5.82 Å². The van der Waals surface area contributed by atoms with Crippen LogP contribution in [0.1, 0.15) is 12.0 Å². The van der Waals surface area contributed by atoms with Crippen LogP contribution >= 0.6 is 0 Å². The Morgan fingerprint density at radius 1 is 1.53 bits per heavy atom. The van der Waals surface area contributed by atoms with Gasteiger partial charge in [0.05, 0.1) is 0 Å². The van der Waals surface area contributed by atoms with Crippen LogP contribution in [0.3, 0.4) is 0 Å². The van der Waals surface area contributed by atoms with E-state index in [-0.39, 0.29) is 0 Å². The number of terminal acetylenes is 1. The van der Waals surface area contributed by atoms with Crippen molar-refractivity contribution in [3.63, 3.8) is 0 Å². The predicted molar refractivity (Wildman–Crippen MR) is 59.7 cm³/mol. The molecule has 76 valence electrons. The third kappa shape index (κ3) is 1.91. The van der Waals surface area contributed by atoms with Crippen molar-refractivity contribution in [2.75, 3.05) is 11.9 Å². The minimum atomic E-state index is 0.699. The molecule has 2 aromatic rings. The molecule has 0 aliphatic heterocycles. The molecule has 0 unspecified atom stereocenters. The van der Waals surface area contributed by atoms with Crippen molar-refractivity contribution in [2.24, 2.45) is 0 Å². The smallest absolute Gasteiger partial charge is 0.157 e. The van der Waals surface area contributed by atoms with E-state index in [0.717, 1.165) is 23.6 Å². The number of hydrogen-bond donors (Lipinski definition) is 1. The number of aryl methyl sites for hydroxylation is 1. The number of nitrogens with one attached hydrogen (secondary N) is 1. The van der Waals surface area contributed by atoms with Crippen LogP contribution in [-0.2, 0) is 0 Å². The van der Waals surface area contributed by atoms with E-state index in [2.05, 4.69) is 21.3 Å². The minimum Gasteiger partial charge on any atom is -0.369 e. The van der Waals surface area contributed by atoms with E-state index in [9.17, 15) is 0 Å². The van der Waals surface area contributed by atoms with Crippen LogP contribution in [0.15, 0.2) is 18.5 Å². The Labute approximate surface area is 88.3 Å². The number of anilines is 1. The standard InChI is InChI=1S/C11H12N4/c1-3-4-5-12-10-6-9(2)7-11-13-8-14-15(10)11/h1,6-8,12H,4-5H2,2H3. The molecule has 0 radical (unpaired) electrons. The first kappa shape index (κ1) is 9.53. The molecule has 0 fully saturated rings. The quantitative estimate of drug-likeness (QED) is 0.602. The Kier molecular flexibility index (Phi) is 2.55. The lowest BCUT2D eigenvalue weighted by atomic mass is 10.3. The van der Waals surface area contributed by atoms with Gasteiger partial charge < -0.3 is 5.32 Å². The van der Waals surface area contributed by atoms with Gasteiger partial charge in [0.1, 0.15) is 12.1 Å². The van der Waals surface area contributed by atoms with Gasteiger partial charge in [-0.15, -0.1) is 12.3 Å². The maximum Gasteiger partial charge on any atom is 0.157 e. The third-order valence-electron chi connectivity index (χ3n) is 2.10. The van der Waals surface area contributed by atoms with Crippen LogP contribution in [0.25, 0.3) is 5.65 Å². The van der Waals surface area contributed by atoms with Crippen molar-refractivity contribution in [3.05, 3.63) is 24.0 Å². The molecule has 0 spiro atoms. The van der Waals surface area contributed by atoms with E-state index in [1.165, 1.54) is 0 Å². The fourth-order valence-corrected chi connectivity index (χ4v) is 1.45. The molecule has 4 heteroatoms.